The lowest BCUT2D eigenvalue weighted by molar-refractivity contribution is -0.143. The molecule has 1 atom stereocenters. The quantitative estimate of drug-likeness (QED) is 0.551. The molecule has 0 aromatic heterocycles. The van der Waals surface area contributed by atoms with Gasteiger partial charge in [0.25, 0.3) is 0 Å². The van der Waals surface area contributed by atoms with E-state index < -0.39 is 12.7 Å². The van der Waals surface area contributed by atoms with Crippen molar-refractivity contribution >= 4 is 5.96 Å². The van der Waals surface area contributed by atoms with E-state index in [1.54, 1.807) is 0 Å². The van der Waals surface area contributed by atoms with Crippen LogP contribution >= 0.6 is 0 Å². The number of nitrogens with one attached hydrogen (secondary N) is 2. The Morgan fingerprint density at radius 3 is 2.42 bits per heavy atom. The highest BCUT2D eigenvalue weighted by Crippen LogP contribution is 2.23. The van der Waals surface area contributed by atoms with Crippen molar-refractivity contribution in [2.75, 3.05) is 45.8 Å². The highest BCUT2D eigenvalue weighted by atomic mass is 19.4. The van der Waals surface area contributed by atoms with Crippen molar-refractivity contribution in [2.45, 2.75) is 58.3 Å². The van der Waals surface area contributed by atoms with Crippen LogP contribution in [0.2, 0.25) is 0 Å². The average molecular weight is 377 g/mol. The summed E-state index contributed by atoms with van der Waals surface area (Å²) in [5.74, 6) is 1.00. The van der Waals surface area contributed by atoms with Gasteiger partial charge < -0.3 is 15.5 Å². The monoisotopic (exact) mass is 377 g/mol. The van der Waals surface area contributed by atoms with Gasteiger partial charge in [0.2, 0.25) is 0 Å². The Kier molecular flexibility index (Phi) is 8.01. The standard InChI is InChI=1S/C18H34F3N5/c1-4-22-17(24-16-6-9-26(10-7-16)14(2)3)23-11-15-5-8-25(12-15)13-18(19,20)21/h14-16H,4-13H2,1-3H3,(H2,22,23,24). The van der Waals surface area contributed by atoms with Crippen molar-refractivity contribution in [3.8, 4) is 0 Å². The topological polar surface area (TPSA) is 42.9 Å². The van der Waals surface area contributed by atoms with Crippen LogP contribution in [-0.4, -0.2) is 79.8 Å². The van der Waals surface area contributed by atoms with Crippen molar-refractivity contribution in [3.05, 3.63) is 0 Å². The molecule has 8 heteroatoms. The van der Waals surface area contributed by atoms with E-state index in [2.05, 4.69) is 34.4 Å². The van der Waals surface area contributed by atoms with Crippen LogP contribution in [0.3, 0.4) is 0 Å². The first-order valence-electron chi connectivity index (χ1n) is 9.84. The predicted molar refractivity (Wildman–Crippen MR) is 99.4 cm³/mol. The van der Waals surface area contributed by atoms with Gasteiger partial charge in [-0.15, -0.1) is 0 Å². The van der Waals surface area contributed by atoms with E-state index in [0.717, 1.165) is 44.9 Å². The molecule has 0 aromatic rings. The highest BCUT2D eigenvalue weighted by molar-refractivity contribution is 5.80. The highest BCUT2D eigenvalue weighted by Gasteiger charge is 2.34. The lowest BCUT2D eigenvalue weighted by Crippen LogP contribution is -2.50. The molecule has 2 N–H and O–H groups in total. The molecule has 2 aliphatic heterocycles. The zero-order valence-corrected chi connectivity index (χ0v) is 16.3. The third-order valence-electron chi connectivity index (χ3n) is 5.23. The lowest BCUT2D eigenvalue weighted by atomic mass is 10.0. The molecule has 5 nitrogen and oxygen atoms in total. The molecule has 2 aliphatic rings. The van der Waals surface area contributed by atoms with E-state index in [9.17, 15) is 13.2 Å². The molecule has 1 unspecified atom stereocenters. The molecule has 0 aromatic carbocycles. The van der Waals surface area contributed by atoms with Gasteiger partial charge in [-0.05, 0) is 52.5 Å². The summed E-state index contributed by atoms with van der Waals surface area (Å²) in [5, 5.41) is 6.78. The minimum Gasteiger partial charge on any atom is -0.357 e. The Balaban J connectivity index is 1.78. The van der Waals surface area contributed by atoms with Crippen molar-refractivity contribution in [3.63, 3.8) is 0 Å². The molecule has 0 spiro atoms. The maximum absolute atomic E-state index is 12.5. The number of nitrogens with zero attached hydrogens (tertiary/aromatic N) is 3. The number of guanidine groups is 1. The van der Waals surface area contributed by atoms with E-state index in [-0.39, 0.29) is 5.92 Å². The zero-order chi connectivity index (χ0) is 19.2. The minimum absolute atomic E-state index is 0.204. The zero-order valence-electron chi connectivity index (χ0n) is 16.3. The minimum atomic E-state index is -4.11. The van der Waals surface area contributed by atoms with Crippen LogP contribution in [0.1, 0.15) is 40.0 Å². The molecule has 0 radical (unpaired) electrons. The fourth-order valence-corrected chi connectivity index (χ4v) is 3.75. The number of hydrogen-bond donors (Lipinski definition) is 2. The van der Waals surface area contributed by atoms with Crippen molar-refractivity contribution in [1.29, 1.82) is 0 Å². The van der Waals surface area contributed by atoms with E-state index >= 15 is 0 Å². The third kappa shape index (κ3) is 7.31. The molecule has 26 heavy (non-hydrogen) atoms. The van der Waals surface area contributed by atoms with E-state index in [4.69, 9.17) is 0 Å². The summed E-state index contributed by atoms with van der Waals surface area (Å²) in [6.45, 7) is 10.2. The average Bonchev–Trinajstić information content (AvgIpc) is 2.98. The second kappa shape index (κ2) is 9.78. The van der Waals surface area contributed by atoms with E-state index in [1.807, 2.05) is 6.92 Å². The first kappa shape index (κ1) is 21.3. The summed E-state index contributed by atoms with van der Waals surface area (Å²) in [4.78, 5) is 8.62. The van der Waals surface area contributed by atoms with Gasteiger partial charge in [-0.2, -0.15) is 13.2 Å². The van der Waals surface area contributed by atoms with Gasteiger partial charge >= 0.3 is 6.18 Å². The van der Waals surface area contributed by atoms with Gasteiger partial charge in [-0.3, -0.25) is 9.89 Å². The van der Waals surface area contributed by atoms with Crippen LogP contribution in [0.15, 0.2) is 4.99 Å². The Labute approximate surface area is 155 Å². The van der Waals surface area contributed by atoms with Gasteiger partial charge in [0, 0.05) is 44.8 Å². The fourth-order valence-electron chi connectivity index (χ4n) is 3.75. The second-order valence-corrected chi connectivity index (χ2v) is 7.77. The van der Waals surface area contributed by atoms with E-state index in [0.29, 0.717) is 31.7 Å². The summed E-state index contributed by atoms with van der Waals surface area (Å²) in [6, 6.07) is 0.993. The third-order valence-corrected chi connectivity index (χ3v) is 5.23. The summed E-state index contributed by atoms with van der Waals surface area (Å²) in [6.07, 6.45) is -1.15. The van der Waals surface area contributed by atoms with Crippen LogP contribution in [0.4, 0.5) is 13.2 Å². The lowest BCUT2D eigenvalue weighted by Gasteiger charge is -2.35. The SMILES string of the molecule is CCNC(=NCC1CCN(CC(F)(F)F)C1)NC1CCN(C(C)C)CC1. The van der Waals surface area contributed by atoms with Gasteiger partial charge in [0.1, 0.15) is 0 Å². The Bertz CT molecular complexity index is 445. The van der Waals surface area contributed by atoms with Crippen LogP contribution in [0.5, 0.6) is 0 Å². The Morgan fingerprint density at radius 1 is 1.15 bits per heavy atom. The molecule has 2 rings (SSSR count). The number of rotatable bonds is 6. The van der Waals surface area contributed by atoms with Gasteiger partial charge in [-0.1, -0.05) is 0 Å². The molecule has 2 fully saturated rings. The summed E-state index contributed by atoms with van der Waals surface area (Å²) < 4.78 is 37.5. The van der Waals surface area contributed by atoms with Crippen LogP contribution in [0.25, 0.3) is 0 Å². The van der Waals surface area contributed by atoms with Crippen molar-refractivity contribution < 1.29 is 13.2 Å². The molecule has 152 valence electrons. The molecular weight excluding hydrogens is 343 g/mol. The summed E-state index contributed by atoms with van der Waals surface area (Å²) in [7, 11) is 0. The van der Waals surface area contributed by atoms with Crippen LogP contribution in [0, 0.1) is 5.92 Å². The molecule has 0 amide bonds. The van der Waals surface area contributed by atoms with E-state index in [1.165, 1.54) is 4.90 Å². The Hall–Kier alpha value is -1.02. The first-order valence-corrected chi connectivity index (χ1v) is 9.84. The molecule has 2 saturated heterocycles. The number of alkyl halides is 3. The van der Waals surface area contributed by atoms with Gasteiger partial charge in [0.15, 0.2) is 5.96 Å². The van der Waals surface area contributed by atoms with Crippen LogP contribution < -0.4 is 10.6 Å². The molecule has 0 bridgehead atoms. The predicted octanol–water partition coefficient (Wildman–Crippen LogP) is 2.30. The Morgan fingerprint density at radius 2 is 1.85 bits per heavy atom. The number of aliphatic imine (C=N–C) groups is 1. The second-order valence-electron chi connectivity index (χ2n) is 7.77. The normalized spacial score (nSPS) is 24.4. The maximum Gasteiger partial charge on any atom is 0.401 e. The molecule has 0 saturated carbocycles. The smallest absolute Gasteiger partial charge is 0.357 e. The van der Waals surface area contributed by atoms with Crippen molar-refractivity contribution in [2.24, 2.45) is 10.9 Å². The van der Waals surface area contributed by atoms with Gasteiger partial charge in [0.05, 0.1) is 6.54 Å². The van der Waals surface area contributed by atoms with Crippen molar-refractivity contribution in [1.82, 2.24) is 20.4 Å². The molecule has 0 aliphatic carbocycles. The first-order chi connectivity index (χ1) is 12.3. The fraction of sp³-hybridized carbons (Fsp3) is 0.944. The largest absolute Gasteiger partial charge is 0.401 e. The number of piperidine rings is 1. The molecular formula is C18H34F3N5. The number of likely N-dealkylation sites (tertiary alicyclic amines) is 2. The summed E-state index contributed by atoms with van der Waals surface area (Å²) in [5.41, 5.74) is 0. The van der Waals surface area contributed by atoms with Gasteiger partial charge in [-0.25, -0.2) is 0 Å². The number of halogens is 3. The maximum atomic E-state index is 12.5. The molecule has 2 heterocycles. The van der Waals surface area contributed by atoms with Crippen LogP contribution in [-0.2, 0) is 0 Å². The number of hydrogen-bond acceptors (Lipinski definition) is 3. The summed E-state index contributed by atoms with van der Waals surface area (Å²) >= 11 is 0.